The highest BCUT2D eigenvalue weighted by atomic mass is 19.4. The predicted molar refractivity (Wildman–Crippen MR) is 98.7 cm³/mol. The van der Waals surface area contributed by atoms with Crippen molar-refractivity contribution in [3.8, 4) is 11.5 Å². The minimum absolute atomic E-state index is 0.145. The molecule has 0 fully saturated rings. The minimum atomic E-state index is -4.78. The summed E-state index contributed by atoms with van der Waals surface area (Å²) < 4.78 is 45.6. The number of hydrogen-bond donors (Lipinski definition) is 1. The van der Waals surface area contributed by atoms with Crippen LogP contribution in [0, 0.1) is 0 Å². The van der Waals surface area contributed by atoms with Crippen LogP contribution in [0.5, 0.6) is 11.5 Å². The van der Waals surface area contributed by atoms with Crippen molar-refractivity contribution < 1.29 is 27.4 Å². The van der Waals surface area contributed by atoms with Crippen molar-refractivity contribution >= 4 is 22.9 Å². The van der Waals surface area contributed by atoms with Gasteiger partial charge in [0, 0.05) is 16.5 Å². The molecule has 0 aliphatic heterocycles. The molecule has 144 valence electrons. The van der Waals surface area contributed by atoms with Crippen molar-refractivity contribution in [3.63, 3.8) is 0 Å². The molecule has 0 saturated heterocycles. The smallest absolute Gasteiger partial charge is 0.496 e. The number of benzene rings is 3. The van der Waals surface area contributed by atoms with Crippen LogP contribution in [0.1, 0.15) is 15.9 Å². The standard InChI is InChI=1S/C20H15F3N2O3/c1-27-18-11-8-14(16-4-2-3-5-17(16)18)12-24-25-19(26)13-6-9-15(10-7-13)28-20(21,22)23/h2-12H,1H3,(H,25,26)/b24-12+. The molecule has 0 aliphatic rings. The molecule has 28 heavy (non-hydrogen) atoms. The van der Waals surface area contributed by atoms with Crippen LogP contribution in [0.2, 0.25) is 0 Å². The Labute approximate surface area is 158 Å². The maximum atomic E-state index is 12.2. The Bertz CT molecular complexity index is 1020. The lowest BCUT2D eigenvalue weighted by atomic mass is 10.0. The third kappa shape index (κ3) is 4.59. The Kier molecular flexibility index (Phi) is 5.49. The van der Waals surface area contributed by atoms with Crippen LogP contribution in [0.25, 0.3) is 10.8 Å². The zero-order chi connectivity index (χ0) is 20.1. The molecule has 0 saturated carbocycles. The van der Waals surface area contributed by atoms with Crippen molar-refractivity contribution in [1.82, 2.24) is 5.43 Å². The zero-order valence-corrected chi connectivity index (χ0v) is 14.7. The van der Waals surface area contributed by atoms with Gasteiger partial charge >= 0.3 is 6.36 Å². The Hall–Kier alpha value is -3.55. The summed E-state index contributed by atoms with van der Waals surface area (Å²) in [5, 5.41) is 5.73. The number of hydrazone groups is 1. The number of hydrogen-bond acceptors (Lipinski definition) is 4. The topological polar surface area (TPSA) is 59.9 Å². The van der Waals surface area contributed by atoms with Gasteiger partial charge in [-0.3, -0.25) is 4.79 Å². The Morgan fingerprint density at radius 3 is 2.32 bits per heavy atom. The van der Waals surface area contributed by atoms with Gasteiger partial charge < -0.3 is 9.47 Å². The fourth-order valence-electron chi connectivity index (χ4n) is 2.62. The Morgan fingerprint density at radius 1 is 1.00 bits per heavy atom. The molecule has 3 rings (SSSR count). The first kappa shape index (κ1) is 19.2. The molecule has 3 aromatic rings. The molecule has 0 radical (unpaired) electrons. The van der Waals surface area contributed by atoms with E-state index in [9.17, 15) is 18.0 Å². The summed E-state index contributed by atoms with van der Waals surface area (Å²) in [6.45, 7) is 0. The quantitative estimate of drug-likeness (QED) is 0.517. The van der Waals surface area contributed by atoms with Crippen LogP contribution >= 0.6 is 0 Å². The highest BCUT2D eigenvalue weighted by Gasteiger charge is 2.31. The molecule has 0 unspecified atom stereocenters. The van der Waals surface area contributed by atoms with Crippen molar-refractivity contribution in [1.29, 1.82) is 0 Å². The third-order valence-corrected chi connectivity index (χ3v) is 3.86. The molecule has 0 atom stereocenters. The van der Waals surface area contributed by atoms with E-state index >= 15 is 0 Å². The predicted octanol–water partition coefficient (Wildman–Crippen LogP) is 4.51. The number of fused-ring (bicyclic) bond motifs is 1. The van der Waals surface area contributed by atoms with Gasteiger partial charge in [-0.05, 0) is 41.8 Å². The number of rotatable bonds is 5. The first-order chi connectivity index (χ1) is 13.4. The van der Waals surface area contributed by atoms with E-state index in [1.165, 1.54) is 18.3 Å². The van der Waals surface area contributed by atoms with Gasteiger partial charge in [0.25, 0.3) is 5.91 Å². The lowest BCUT2D eigenvalue weighted by molar-refractivity contribution is -0.274. The average molecular weight is 388 g/mol. The number of nitrogens with zero attached hydrogens (tertiary/aromatic N) is 1. The first-order valence-electron chi connectivity index (χ1n) is 8.12. The minimum Gasteiger partial charge on any atom is -0.496 e. The molecule has 0 spiro atoms. The maximum absolute atomic E-state index is 12.2. The molecule has 0 bridgehead atoms. The van der Waals surface area contributed by atoms with Crippen molar-refractivity contribution in [2.75, 3.05) is 7.11 Å². The van der Waals surface area contributed by atoms with E-state index in [-0.39, 0.29) is 5.56 Å². The molecular formula is C20H15F3N2O3. The summed E-state index contributed by atoms with van der Waals surface area (Å²) in [5.74, 6) is -0.247. The highest BCUT2D eigenvalue weighted by molar-refractivity contribution is 6.03. The van der Waals surface area contributed by atoms with Gasteiger partial charge in [-0.15, -0.1) is 13.2 Å². The molecule has 5 nitrogen and oxygen atoms in total. The second-order valence-electron chi connectivity index (χ2n) is 5.67. The van der Waals surface area contributed by atoms with E-state index < -0.39 is 18.0 Å². The van der Waals surface area contributed by atoms with Gasteiger partial charge in [-0.25, -0.2) is 5.43 Å². The van der Waals surface area contributed by atoms with E-state index in [0.29, 0.717) is 0 Å². The van der Waals surface area contributed by atoms with E-state index in [2.05, 4.69) is 15.3 Å². The van der Waals surface area contributed by atoms with Crippen molar-refractivity contribution in [2.24, 2.45) is 5.10 Å². The largest absolute Gasteiger partial charge is 0.573 e. The SMILES string of the molecule is COc1ccc(/C=N/NC(=O)c2ccc(OC(F)(F)F)cc2)c2ccccc12. The summed E-state index contributed by atoms with van der Waals surface area (Å²) in [5.41, 5.74) is 3.26. The number of carbonyl (C=O) groups excluding carboxylic acids is 1. The van der Waals surface area contributed by atoms with Crippen LogP contribution < -0.4 is 14.9 Å². The average Bonchev–Trinajstić information content (AvgIpc) is 2.67. The van der Waals surface area contributed by atoms with Crippen molar-refractivity contribution in [2.45, 2.75) is 6.36 Å². The Morgan fingerprint density at radius 2 is 1.68 bits per heavy atom. The van der Waals surface area contributed by atoms with Crippen LogP contribution in [0.15, 0.2) is 65.8 Å². The van der Waals surface area contributed by atoms with Gasteiger partial charge in [-0.1, -0.05) is 24.3 Å². The summed E-state index contributed by atoms with van der Waals surface area (Å²) in [4.78, 5) is 12.1. The van der Waals surface area contributed by atoms with Crippen LogP contribution in [0.3, 0.4) is 0 Å². The van der Waals surface area contributed by atoms with E-state index in [1.807, 2.05) is 24.3 Å². The fraction of sp³-hybridized carbons (Fsp3) is 0.100. The molecule has 3 aromatic carbocycles. The number of halogens is 3. The van der Waals surface area contributed by atoms with Crippen LogP contribution in [0.4, 0.5) is 13.2 Å². The van der Waals surface area contributed by atoms with E-state index in [4.69, 9.17) is 4.74 Å². The molecule has 1 amide bonds. The lowest BCUT2D eigenvalue weighted by Crippen LogP contribution is -2.19. The molecule has 0 aromatic heterocycles. The monoisotopic (exact) mass is 388 g/mol. The number of ether oxygens (including phenoxy) is 2. The molecular weight excluding hydrogens is 373 g/mol. The van der Waals surface area contributed by atoms with Gasteiger partial charge in [0.2, 0.25) is 0 Å². The fourth-order valence-corrected chi connectivity index (χ4v) is 2.62. The number of amides is 1. The van der Waals surface area contributed by atoms with Crippen LogP contribution in [-0.2, 0) is 0 Å². The molecule has 1 N–H and O–H groups in total. The molecule has 8 heteroatoms. The first-order valence-corrected chi connectivity index (χ1v) is 8.12. The van der Waals surface area contributed by atoms with E-state index in [0.717, 1.165) is 34.2 Å². The van der Waals surface area contributed by atoms with Gasteiger partial charge in [0.05, 0.1) is 13.3 Å². The molecule has 0 aliphatic carbocycles. The van der Waals surface area contributed by atoms with Gasteiger partial charge in [0.1, 0.15) is 11.5 Å². The number of carbonyl (C=O) groups is 1. The number of alkyl halides is 3. The maximum Gasteiger partial charge on any atom is 0.573 e. The van der Waals surface area contributed by atoms with Gasteiger partial charge in [-0.2, -0.15) is 5.10 Å². The second-order valence-corrected chi connectivity index (χ2v) is 5.67. The zero-order valence-electron chi connectivity index (χ0n) is 14.7. The highest BCUT2D eigenvalue weighted by Crippen LogP contribution is 2.27. The summed E-state index contributed by atoms with van der Waals surface area (Å²) in [6.07, 6.45) is -3.30. The number of methoxy groups -OCH3 is 1. The van der Waals surface area contributed by atoms with Gasteiger partial charge in [0.15, 0.2) is 0 Å². The van der Waals surface area contributed by atoms with E-state index in [1.54, 1.807) is 19.2 Å². The normalized spacial score (nSPS) is 11.6. The summed E-state index contributed by atoms with van der Waals surface area (Å²) in [7, 11) is 1.58. The summed E-state index contributed by atoms with van der Waals surface area (Å²) in [6, 6.07) is 15.7. The van der Waals surface area contributed by atoms with Crippen molar-refractivity contribution in [3.05, 3.63) is 71.8 Å². The number of nitrogens with one attached hydrogen (secondary N) is 1. The van der Waals surface area contributed by atoms with Crippen LogP contribution in [-0.4, -0.2) is 25.6 Å². The summed E-state index contributed by atoms with van der Waals surface area (Å²) >= 11 is 0. The Balaban J connectivity index is 1.71. The second kappa shape index (κ2) is 7.99. The lowest BCUT2D eigenvalue weighted by Gasteiger charge is -2.09. The third-order valence-electron chi connectivity index (χ3n) is 3.86. The molecule has 0 heterocycles.